The Balaban J connectivity index is 2.90. The van der Waals surface area contributed by atoms with Crippen LogP contribution in [-0.2, 0) is 19.2 Å². The first-order valence-corrected chi connectivity index (χ1v) is 5.82. The van der Waals surface area contributed by atoms with Gasteiger partial charge in [-0.15, -0.1) is 0 Å². The van der Waals surface area contributed by atoms with Crippen molar-refractivity contribution in [3.05, 3.63) is 36.4 Å². The zero-order chi connectivity index (χ0) is 14.4. The van der Waals surface area contributed by atoms with E-state index < -0.39 is 5.97 Å². The van der Waals surface area contributed by atoms with E-state index in [4.69, 9.17) is 9.57 Å². The quantitative estimate of drug-likeness (QED) is 0.464. The highest BCUT2D eigenvalue weighted by molar-refractivity contribution is 6.15. The molecule has 0 atom stereocenters. The van der Waals surface area contributed by atoms with Crippen molar-refractivity contribution in [1.82, 2.24) is 0 Å². The first-order chi connectivity index (χ1) is 9.01. The lowest BCUT2D eigenvalue weighted by atomic mass is 10.1. The molecule has 0 aliphatic heterocycles. The van der Waals surface area contributed by atoms with Crippen LogP contribution in [0.15, 0.2) is 30.8 Å². The molecule has 1 amide bonds. The highest BCUT2D eigenvalue weighted by Gasteiger charge is 2.13. The average molecular weight is 263 g/mol. The summed E-state index contributed by atoms with van der Waals surface area (Å²) in [5, 5.41) is 1.15. The summed E-state index contributed by atoms with van der Waals surface area (Å²) in [7, 11) is 1.41. The lowest BCUT2D eigenvalue weighted by Gasteiger charge is -2.17. The van der Waals surface area contributed by atoms with E-state index in [0.717, 1.165) is 5.06 Å². The Bertz CT molecular complexity index is 479. The molecule has 0 heterocycles. The predicted octanol–water partition coefficient (Wildman–Crippen LogP) is 2.18. The van der Waals surface area contributed by atoms with Gasteiger partial charge in [-0.3, -0.25) is 9.63 Å². The number of ether oxygens (including phenoxy) is 1. The number of hydroxylamine groups is 1. The van der Waals surface area contributed by atoms with E-state index in [1.807, 2.05) is 0 Å². The van der Waals surface area contributed by atoms with E-state index >= 15 is 0 Å². The minimum absolute atomic E-state index is 0.237. The SMILES string of the molecule is C=C(C(=O)OCC)c1ccc(N(OC)C(C)=O)cc1. The summed E-state index contributed by atoms with van der Waals surface area (Å²) in [6, 6.07) is 6.71. The summed E-state index contributed by atoms with van der Waals surface area (Å²) in [5.41, 5.74) is 1.50. The maximum absolute atomic E-state index is 11.5. The predicted molar refractivity (Wildman–Crippen MR) is 72.3 cm³/mol. The second-order valence-corrected chi connectivity index (χ2v) is 3.74. The molecule has 0 radical (unpaired) electrons. The van der Waals surface area contributed by atoms with Crippen molar-refractivity contribution in [3.63, 3.8) is 0 Å². The number of carbonyl (C=O) groups is 2. The molecule has 0 aliphatic rings. The van der Waals surface area contributed by atoms with Crippen LogP contribution < -0.4 is 5.06 Å². The molecule has 0 aliphatic carbocycles. The zero-order valence-corrected chi connectivity index (χ0v) is 11.3. The van der Waals surface area contributed by atoms with Gasteiger partial charge < -0.3 is 4.74 Å². The number of hydrogen-bond donors (Lipinski definition) is 0. The number of nitrogens with zero attached hydrogens (tertiary/aromatic N) is 1. The Morgan fingerprint density at radius 2 is 1.84 bits per heavy atom. The van der Waals surface area contributed by atoms with Gasteiger partial charge in [0, 0.05) is 6.92 Å². The zero-order valence-electron chi connectivity index (χ0n) is 11.3. The number of esters is 1. The van der Waals surface area contributed by atoms with Gasteiger partial charge in [-0.1, -0.05) is 18.7 Å². The van der Waals surface area contributed by atoms with Crippen LogP contribution in [0.5, 0.6) is 0 Å². The summed E-state index contributed by atoms with van der Waals surface area (Å²) >= 11 is 0. The maximum atomic E-state index is 11.5. The lowest BCUT2D eigenvalue weighted by Crippen LogP contribution is -2.26. The summed E-state index contributed by atoms with van der Waals surface area (Å²) in [6.07, 6.45) is 0. The molecule has 102 valence electrons. The lowest BCUT2D eigenvalue weighted by molar-refractivity contribution is -0.136. The molecule has 0 aromatic heterocycles. The van der Waals surface area contributed by atoms with Crippen molar-refractivity contribution in [1.29, 1.82) is 0 Å². The van der Waals surface area contributed by atoms with E-state index in [2.05, 4.69) is 6.58 Å². The third-order valence-corrected chi connectivity index (χ3v) is 2.44. The molecule has 5 heteroatoms. The van der Waals surface area contributed by atoms with Crippen LogP contribution in [0.2, 0.25) is 0 Å². The number of rotatable bonds is 5. The van der Waals surface area contributed by atoms with Gasteiger partial charge in [0.25, 0.3) is 0 Å². The van der Waals surface area contributed by atoms with Crippen LogP contribution in [0.3, 0.4) is 0 Å². The first-order valence-electron chi connectivity index (χ1n) is 5.82. The molecule has 0 spiro atoms. The number of benzene rings is 1. The summed E-state index contributed by atoms with van der Waals surface area (Å²) in [6.45, 7) is 7.12. The van der Waals surface area contributed by atoms with Crippen LogP contribution in [0.25, 0.3) is 5.57 Å². The highest BCUT2D eigenvalue weighted by atomic mass is 16.7. The second kappa shape index (κ2) is 6.70. The third kappa shape index (κ3) is 3.66. The molecule has 0 bridgehead atoms. The van der Waals surface area contributed by atoms with E-state index in [1.54, 1.807) is 31.2 Å². The van der Waals surface area contributed by atoms with Crippen molar-refractivity contribution < 1.29 is 19.2 Å². The Hall–Kier alpha value is -2.14. The fourth-order valence-electron chi connectivity index (χ4n) is 1.55. The van der Waals surface area contributed by atoms with Crippen LogP contribution >= 0.6 is 0 Å². The standard InChI is InChI=1S/C14H17NO4/c1-5-19-14(17)10(2)12-6-8-13(9-7-12)15(18-4)11(3)16/h6-9H,2,5H2,1,3-4H3. The topological polar surface area (TPSA) is 55.8 Å². The maximum Gasteiger partial charge on any atom is 0.338 e. The molecule has 0 fully saturated rings. The molecule has 1 rings (SSSR count). The summed E-state index contributed by atoms with van der Waals surface area (Å²) in [4.78, 5) is 27.8. The average Bonchev–Trinajstić information content (AvgIpc) is 2.39. The molecule has 5 nitrogen and oxygen atoms in total. The fourth-order valence-corrected chi connectivity index (χ4v) is 1.55. The Kier molecular flexibility index (Phi) is 5.26. The van der Waals surface area contributed by atoms with Crippen LogP contribution in [0.4, 0.5) is 5.69 Å². The molecule has 0 N–H and O–H groups in total. The van der Waals surface area contributed by atoms with Gasteiger partial charge in [0.1, 0.15) is 0 Å². The van der Waals surface area contributed by atoms with Gasteiger partial charge in [-0.05, 0) is 24.6 Å². The number of amides is 1. The van der Waals surface area contributed by atoms with Crippen LogP contribution in [0, 0.1) is 0 Å². The van der Waals surface area contributed by atoms with Crippen LogP contribution in [-0.4, -0.2) is 25.6 Å². The smallest absolute Gasteiger partial charge is 0.338 e. The van der Waals surface area contributed by atoms with Crippen LogP contribution in [0.1, 0.15) is 19.4 Å². The highest BCUT2D eigenvalue weighted by Crippen LogP contribution is 2.20. The van der Waals surface area contributed by atoms with Gasteiger partial charge in [-0.2, -0.15) is 5.06 Å². The number of hydrogen-bond acceptors (Lipinski definition) is 4. The second-order valence-electron chi connectivity index (χ2n) is 3.74. The largest absolute Gasteiger partial charge is 0.462 e. The molecule has 1 aromatic rings. The Morgan fingerprint density at radius 3 is 2.26 bits per heavy atom. The molecular weight excluding hydrogens is 246 g/mol. The van der Waals surface area contributed by atoms with Crippen molar-refractivity contribution in [2.24, 2.45) is 0 Å². The molecule has 0 unspecified atom stereocenters. The Morgan fingerprint density at radius 1 is 1.26 bits per heavy atom. The van der Waals surface area contributed by atoms with E-state index in [-0.39, 0.29) is 11.5 Å². The van der Waals surface area contributed by atoms with Crippen molar-refractivity contribution in [2.45, 2.75) is 13.8 Å². The molecule has 1 aromatic carbocycles. The fraction of sp³-hybridized carbons (Fsp3) is 0.286. The normalized spacial score (nSPS) is 9.84. The summed E-state index contributed by atoms with van der Waals surface area (Å²) < 4.78 is 4.87. The molecule has 0 saturated carbocycles. The molecule has 0 saturated heterocycles. The van der Waals surface area contributed by atoms with Gasteiger partial charge >= 0.3 is 5.97 Å². The number of anilines is 1. The minimum Gasteiger partial charge on any atom is -0.462 e. The van der Waals surface area contributed by atoms with E-state index in [0.29, 0.717) is 17.9 Å². The number of carbonyl (C=O) groups excluding carboxylic acids is 2. The Labute approximate surface area is 112 Å². The van der Waals surface area contributed by atoms with Gasteiger partial charge in [0.2, 0.25) is 5.91 Å². The van der Waals surface area contributed by atoms with Crippen molar-refractivity contribution >= 4 is 23.1 Å². The van der Waals surface area contributed by atoms with Crippen molar-refractivity contribution in [3.8, 4) is 0 Å². The minimum atomic E-state index is -0.453. The van der Waals surface area contributed by atoms with E-state index in [9.17, 15) is 9.59 Å². The molecule has 19 heavy (non-hydrogen) atoms. The van der Waals surface area contributed by atoms with Gasteiger partial charge in [0.15, 0.2) is 0 Å². The summed E-state index contributed by atoms with van der Waals surface area (Å²) in [5.74, 6) is -0.690. The van der Waals surface area contributed by atoms with Crippen molar-refractivity contribution in [2.75, 3.05) is 18.8 Å². The first kappa shape index (κ1) is 14.9. The molecular formula is C14H17NO4. The monoisotopic (exact) mass is 263 g/mol. The third-order valence-electron chi connectivity index (χ3n) is 2.44. The van der Waals surface area contributed by atoms with E-state index in [1.165, 1.54) is 14.0 Å². The van der Waals surface area contributed by atoms with Gasteiger partial charge in [-0.25, -0.2) is 4.79 Å². The van der Waals surface area contributed by atoms with Gasteiger partial charge in [0.05, 0.1) is 25.0 Å².